The number of ketones is 1. The molecule has 0 unspecified atom stereocenters. The molecule has 174 valence electrons. The van der Waals surface area contributed by atoms with Crippen LogP contribution < -0.4 is 0 Å². The van der Waals surface area contributed by atoms with E-state index in [0.717, 1.165) is 27.4 Å². The first kappa shape index (κ1) is 23.2. The van der Waals surface area contributed by atoms with Crippen LogP contribution in [0.2, 0.25) is 0 Å². The number of ether oxygens (including phenoxy) is 2. The lowest BCUT2D eigenvalue weighted by atomic mass is 10.0. The molecule has 9 heteroatoms. The molecule has 0 radical (unpaired) electrons. The maximum Gasteiger partial charge on any atom is 0.508 e. The van der Waals surface area contributed by atoms with Crippen LogP contribution in [0.4, 0.5) is 4.79 Å². The number of carbonyl (C=O) groups is 3. The number of carbonyl (C=O) groups excluding carboxylic acids is 3. The van der Waals surface area contributed by atoms with Crippen molar-refractivity contribution in [3.05, 3.63) is 69.9 Å². The first-order valence-corrected chi connectivity index (χ1v) is 11.3. The second-order valence-corrected chi connectivity index (χ2v) is 8.43. The molecule has 2 heterocycles. The first-order chi connectivity index (χ1) is 16.4. The van der Waals surface area contributed by atoms with Crippen LogP contribution in [0.25, 0.3) is 21.8 Å². The summed E-state index contributed by atoms with van der Waals surface area (Å²) in [7, 11) is 1.26. The van der Waals surface area contributed by atoms with Gasteiger partial charge in [0.05, 0.1) is 24.2 Å². The minimum Gasteiger partial charge on any atom is -0.438 e. The molecule has 0 spiro atoms. The zero-order valence-corrected chi connectivity index (χ0v) is 19.7. The Bertz CT molecular complexity index is 1420. The molecule has 0 fully saturated rings. The summed E-state index contributed by atoms with van der Waals surface area (Å²) in [6, 6.07) is 15.0. The summed E-state index contributed by atoms with van der Waals surface area (Å²) in [6.07, 6.45) is -0.746. The fraction of sp³-hybridized carbons (Fsp3) is 0.200. The summed E-state index contributed by atoms with van der Waals surface area (Å²) in [5.41, 5.74) is 3.67. The van der Waals surface area contributed by atoms with Gasteiger partial charge in [-0.1, -0.05) is 17.3 Å². The van der Waals surface area contributed by atoms with Crippen LogP contribution in [0.3, 0.4) is 0 Å². The Morgan fingerprint density at radius 2 is 1.65 bits per heavy atom. The van der Waals surface area contributed by atoms with Crippen LogP contribution in [0.5, 0.6) is 0 Å². The van der Waals surface area contributed by atoms with Crippen molar-refractivity contribution >= 4 is 56.8 Å². The summed E-state index contributed by atoms with van der Waals surface area (Å²) in [6.45, 7) is 3.55. The van der Waals surface area contributed by atoms with Gasteiger partial charge in [0.15, 0.2) is 0 Å². The second-order valence-electron chi connectivity index (χ2n) is 7.48. The number of oxime groups is 1. The molecule has 8 nitrogen and oxygen atoms in total. The average Bonchev–Trinajstić information content (AvgIpc) is 3.48. The van der Waals surface area contributed by atoms with Crippen LogP contribution in [-0.4, -0.2) is 41.9 Å². The molecule has 0 amide bonds. The zero-order chi connectivity index (χ0) is 24.2. The lowest BCUT2D eigenvalue weighted by Gasteiger charge is -2.08. The second kappa shape index (κ2) is 9.88. The number of fused-ring (bicyclic) bond motifs is 3. The number of benzene rings is 2. The predicted molar refractivity (Wildman–Crippen MR) is 130 cm³/mol. The van der Waals surface area contributed by atoms with Crippen molar-refractivity contribution in [2.45, 2.75) is 20.4 Å². The Labute approximate surface area is 199 Å². The monoisotopic (exact) mass is 478 g/mol. The number of hydrogen-bond donors (Lipinski definition) is 0. The number of hydrogen-bond acceptors (Lipinski definition) is 8. The Hall–Kier alpha value is -3.98. The summed E-state index contributed by atoms with van der Waals surface area (Å²) < 4.78 is 11.7. The minimum atomic E-state index is -0.746. The van der Waals surface area contributed by atoms with E-state index in [2.05, 4.69) is 9.89 Å². The van der Waals surface area contributed by atoms with E-state index < -0.39 is 12.1 Å². The molecule has 0 aliphatic carbocycles. The molecular weight excluding hydrogens is 456 g/mol. The molecule has 2 aromatic heterocycles. The topological polar surface area (TPSA) is 96.2 Å². The summed E-state index contributed by atoms with van der Waals surface area (Å²) in [4.78, 5) is 40.9. The molecule has 0 N–H and O–H groups in total. The summed E-state index contributed by atoms with van der Waals surface area (Å²) in [5.74, 6) is -0.546. The molecule has 0 saturated carbocycles. The molecule has 0 saturated heterocycles. The van der Waals surface area contributed by atoms with Crippen LogP contribution in [0, 0.1) is 0 Å². The summed E-state index contributed by atoms with van der Waals surface area (Å²) in [5, 5.41) is 7.52. The molecule has 0 aliphatic heterocycles. The molecular formula is C25H22N2O6S. The molecule has 2 aromatic carbocycles. The third-order valence-electron chi connectivity index (χ3n) is 5.30. The highest BCUT2D eigenvalue weighted by molar-refractivity contribution is 7.12. The van der Waals surface area contributed by atoms with Gasteiger partial charge in [-0.25, -0.2) is 9.59 Å². The number of aromatic nitrogens is 1. The Balaban J connectivity index is 1.82. The smallest absolute Gasteiger partial charge is 0.438 e. The fourth-order valence-electron chi connectivity index (χ4n) is 3.73. The fourth-order valence-corrected chi connectivity index (χ4v) is 4.41. The van der Waals surface area contributed by atoms with E-state index in [1.165, 1.54) is 25.4 Å². The van der Waals surface area contributed by atoms with E-state index in [0.29, 0.717) is 22.7 Å². The van der Waals surface area contributed by atoms with Crippen molar-refractivity contribution in [3.8, 4) is 0 Å². The Morgan fingerprint density at radius 1 is 0.971 bits per heavy atom. The van der Waals surface area contributed by atoms with Gasteiger partial charge in [-0.3, -0.25) is 4.79 Å². The van der Waals surface area contributed by atoms with E-state index in [1.807, 2.05) is 46.3 Å². The maximum atomic E-state index is 13.0. The van der Waals surface area contributed by atoms with Crippen LogP contribution in [-0.2, 0) is 25.7 Å². The van der Waals surface area contributed by atoms with Gasteiger partial charge >= 0.3 is 12.1 Å². The Morgan fingerprint density at radius 3 is 2.26 bits per heavy atom. The van der Waals surface area contributed by atoms with Crippen LogP contribution >= 0.6 is 11.3 Å². The highest BCUT2D eigenvalue weighted by Gasteiger charge is 2.17. The largest absolute Gasteiger partial charge is 0.508 e. The third-order valence-corrected chi connectivity index (χ3v) is 6.17. The van der Waals surface area contributed by atoms with Crippen molar-refractivity contribution in [3.63, 3.8) is 0 Å². The number of thiophene rings is 1. The standard InChI is InChI=1S/C25H22N2O6S/c1-15(26-33-16(2)28)17-6-8-21-19(13-17)20-14-18(24(29)23-5-4-12-34-23)7-9-22(20)27(21)10-11-32-25(30)31-3/h4-9,12-14H,10-11H2,1-3H3/b26-15+. The van der Waals surface area contributed by atoms with E-state index in [-0.39, 0.29) is 12.4 Å². The van der Waals surface area contributed by atoms with Gasteiger partial charge in [0.25, 0.3) is 0 Å². The maximum absolute atomic E-state index is 13.0. The van der Waals surface area contributed by atoms with Gasteiger partial charge in [0.1, 0.15) is 6.61 Å². The third kappa shape index (κ3) is 4.69. The van der Waals surface area contributed by atoms with E-state index in [1.54, 1.807) is 19.1 Å². The molecule has 4 rings (SSSR count). The SMILES string of the molecule is COC(=O)OCCn1c2ccc(C(=O)c3cccs3)cc2c2cc(/C(C)=N/OC(C)=O)ccc21. The molecule has 0 aliphatic rings. The predicted octanol–water partition coefficient (Wildman–Crippen LogP) is 5.16. The molecule has 34 heavy (non-hydrogen) atoms. The molecule has 4 aromatic rings. The van der Waals surface area contributed by atoms with Gasteiger partial charge in [0.2, 0.25) is 5.78 Å². The van der Waals surface area contributed by atoms with Crippen molar-refractivity contribution < 1.29 is 28.7 Å². The molecule has 0 bridgehead atoms. The van der Waals surface area contributed by atoms with Gasteiger partial charge in [-0.05, 0) is 54.3 Å². The zero-order valence-electron chi connectivity index (χ0n) is 18.9. The van der Waals surface area contributed by atoms with E-state index >= 15 is 0 Å². The van der Waals surface area contributed by atoms with E-state index in [9.17, 15) is 14.4 Å². The van der Waals surface area contributed by atoms with Crippen molar-refractivity contribution in [1.29, 1.82) is 0 Å². The number of nitrogens with zero attached hydrogens (tertiary/aromatic N) is 2. The highest BCUT2D eigenvalue weighted by Crippen LogP contribution is 2.32. The quantitative estimate of drug-likeness (QED) is 0.120. The Kier molecular flexibility index (Phi) is 6.74. The number of methoxy groups -OCH3 is 1. The average molecular weight is 479 g/mol. The van der Waals surface area contributed by atoms with Crippen LogP contribution in [0.15, 0.2) is 59.1 Å². The minimum absolute atomic E-state index is 0.0458. The van der Waals surface area contributed by atoms with Gasteiger partial charge in [0, 0.05) is 34.3 Å². The van der Waals surface area contributed by atoms with Crippen LogP contribution in [0.1, 0.15) is 34.6 Å². The summed E-state index contributed by atoms with van der Waals surface area (Å²) >= 11 is 1.40. The molecule has 0 atom stereocenters. The number of rotatable bonds is 7. The lowest BCUT2D eigenvalue weighted by molar-refractivity contribution is -0.140. The van der Waals surface area contributed by atoms with Gasteiger partial charge in [-0.15, -0.1) is 11.3 Å². The van der Waals surface area contributed by atoms with Gasteiger partial charge in [-0.2, -0.15) is 0 Å². The lowest BCUT2D eigenvalue weighted by Crippen LogP contribution is -2.11. The van der Waals surface area contributed by atoms with Crippen molar-refractivity contribution in [2.75, 3.05) is 13.7 Å². The van der Waals surface area contributed by atoms with E-state index in [4.69, 9.17) is 9.57 Å². The normalized spacial score (nSPS) is 11.6. The van der Waals surface area contributed by atoms with Crippen molar-refractivity contribution in [1.82, 2.24) is 4.57 Å². The highest BCUT2D eigenvalue weighted by atomic mass is 32.1. The van der Waals surface area contributed by atoms with Crippen molar-refractivity contribution in [2.24, 2.45) is 5.16 Å². The van der Waals surface area contributed by atoms with Gasteiger partial charge < -0.3 is 18.9 Å². The first-order valence-electron chi connectivity index (χ1n) is 10.5.